The number of nitro groups is 1. The van der Waals surface area contributed by atoms with Gasteiger partial charge in [0.15, 0.2) is 0 Å². The summed E-state index contributed by atoms with van der Waals surface area (Å²) in [6.07, 6.45) is 4.38. The van der Waals surface area contributed by atoms with Crippen LogP contribution in [0.15, 0.2) is 24.3 Å². The first kappa shape index (κ1) is 16.1. The molecule has 0 aromatic heterocycles. The van der Waals surface area contributed by atoms with Gasteiger partial charge in [-0.1, -0.05) is 25.0 Å². The Labute approximate surface area is 118 Å². The van der Waals surface area contributed by atoms with Crippen LogP contribution in [-0.4, -0.2) is 17.4 Å². The highest BCUT2D eigenvalue weighted by molar-refractivity contribution is 5.75. The molecule has 3 N–H and O–H groups in total. The molecule has 0 aliphatic carbocycles. The lowest BCUT2D eigenvalue weighted by Crippen LogP contribution is -2.22. The third kappa shape index (κ3) is 6.29. The van der Waals surface area contributed by atoms with Gasteiger partial charge in [-0.25, -0.2) is 0 Å². The van der Waals surface area contributed by atoms with E-state index in [1.807, 2.05) is 0 Å². The van der Waals surface area contributed by atoms with Crippen LogP contribution in [0, 0.1) is 10.1 Å². The second-order valence-electron chi connectivity index (χ2n) is 4.66. The highest BCUT2D eigenvalue weighted by Crippen LogP contribution is 2.12. The number of carbonyl (C=O) groups is 1. The maximum Gasteiger partial charge on any atom is 0.269 e. The Kier molecular flexibility index (Phi) is 7.27. The van der Waals surface area contributed by atoms with E-state index in [1.165, 1.54) is 12.1 Å². The molecule has 0 radical (unpaired) electrons. The van der Waals surface area contributed by atoms with Gasteiger partial charge in [-0.2, -0.15) is 0 Å². The summed E-state index contributed by atoms with van der Waals surface area (Å²) in [5.41, 5.74) is 6.16. The fraction of sp³-hybridized carbons (Fsp3) is 0.500. The van der Waals surface area contributed by atoms with Crippen molar-refractivity contribution < 1.29 is 9.72 Å². The number of hydrogen-bond donors (Lipinski definition) is 2. The molecule has 0 bridgehead atoms. The van der Waals surface area contributed by atoms with E-state index < -0.39 is 4.92 Å². The molecular formula is C14H21N3O3. The first-order chi connectivity index (χ1) is 9.63. The third-order valence-electron chi connectivity index (χ3n) is 2.97. The zero-order chi connectivity index (χ0) is 14.8. The van der Waals surface area contributed by atoms with E-state index in [2.05, 4.69) is 5.32 Å². The van der Waals surface area contributed by atoms with Crippen LogP contribution in [0.2, 0.25) is 0 Å². The van der Waals surface area contributed by atoms with Gasteiger partial charge in [0.25, 0.3) is 5.69 Å². The number of benzene rings is 1. The van der Waals surface area contributed by atoms with Crippen LogP contribution in [0.4, 0.5) is 5.69 Å². The van der Waals surface area contributed by atoms with E-state index in [0.717, 1.165) is 31.2 Å². The van der Waals surface area contributed by atoms with E-state index in [-0.39, 0.29) is 11.6 Å². The Morgan fingerprint density at radius 3 is 2.70 bits per heavy atom. The van der Waals surface area contributed by atoms with Crippen molar-refractivity contribution >= 4 is 11.6 Å². The number of rotatable bonds is 9. The fourth-order valence-electron chi connectivity index (χ4n) is 1.85. The van der Waals surface area contributed by atoms with Gasteiger partial charge >= 0.3 is 0 Å². The maximum atomic E-state index is 11.6. The van der Waals surface area contributed by atoms with Crippen LogP contribution < -0.4 is 11.1 Å². The Morgan fingerprint density at radius 2 is 2.00 bits per heavy atom. The zero-order valence-corrected chi connectivity index (χ0v) is 11.5. The predicted octanol–water partition coefficient (Wildman–Crippen LogP) is 2.12. The van der Waals surface area contributed by atoms with Gasteiger partial charge in [0, 0.05) is 25.1 Å². The SMILES string of the molecule is NCCCCCCC(=O)NCc1cccc([N+](=O)[O-])c1. The first-order valence-electron chi connectivity index (χ1n) is 6.83. The van der Waals surface area contributed by atoms with Gasteiger partial charge in [0.2, 0.25) is 5.91 Å². The van der Waals surface area contributed by atoms with Crippen molar-refractivity contribution in [2.75, 3.05) is 6.54 Å². The van der Waals surface area contributed by atoms with E-state index in [4.69, 9.17) is 5.73 Å². The molecule has 6 heteroatoms. The van der Waals surface area contributed by atoms with Gasteiger partial charge < -0.3 is 11.1 Å². The number of nitrogens with zero attached hydrogens (tertiary/aromatic N) is 1. The van der Waals surface area contributed by atoms with Crippen LogP contribution in [0.3, 0.4) is 0 Å². The smallest absolute Gasteiger partial charge is 0.269 e. The minimum absolute atomic E-state index is 0.0238. The number of unbranched alkanes of at least 4 members (excludes halogenated alkanes) is 3. The standard InChI is InChI=1S/C14H21N3O3/c15-9-4-2-1-3-8-14(18)16-11-12-6-5-7-13(10-12)17(19)20/h5-7,10H,1-4,8-9,11,15H2,(H,16,18). The van der Waals surface area contributed by atoms with E-state index in [0.29, 0.717) is 19.5 Å². The molecule has 0 aliphatic heterocycles. The number of nitro benzene ring substituents is 1. The zero-order valence-electron chi connectivity index (χ0n) is 11.5. The highest BCUT2D eigenvalue weighted by atomic mass is 16.6. The number of non-ortho nitro benzene ring substituents is 1. The molecule has 0 unspecified atom stereocenters. The van der Waals surface area contributed by atoms with Crippen molar-refractivity contribution in [3.63, 3.8) is 0 Å². The van der Waals surface area contributed by atoms with Crippen molar-refractivity contribution in [2.24, 2.45) is 5.73 Å². The Bertz CT molecular complexity index is 449. The van der Waals surface area contributed by atoms with Gasteiger partial charge in [-0.05, 0) is 24.9 Å². The number of nitrogens with one attached hydrogen (secondary N) is 1. The van der Waals surface area contributed by atoms with Gasteiger partial charge in [0.05, 0.1) is 4.92 Å². The monoisotopic (exact) mass is 279 g/mol. The summed E-state index contributed by atoms with van der Waals surface area (Å²) in [5.74, 6) is -0.0238. The highest BCUT2D eigenvalue weighted by Gasteiger charge is 2.06. The number of hydrogen-bond acceptors (Lipinski definition) is 4. The minimum Gasteiger partial charge on any atom is -0.352 e. The first-order valence-corrected chi connectivity index (χ1v) is 6.83. The molecule has 1 amide bonds. The Hall–Kier alpha value is -1.95. The summed E-state index contributed by atoms with van der Waals surface area (Å²) in [6, 6.07) is 6.28. The maximum absolute atomic E-state index is 11.6. The van der Waals surface area contributed by atoms with E-state index >= 15 is 0 Å². The van der Waals surface area contributed by atoms with Crippen LogP contribution in [-0.2, 0) is 11.3 Å². The molecule has 1 aromatic rings. The lowest BCUT2D eigenvalue weighted by Gasteiger charge is -2.05. The van der Waals surface area contributed by atoms with Crippen molar-refractivity contribution in [2.45, 2.75) is 38.6 Å². The van der Waals surface area contributed by atoms with E-state index in [1.54, 1.807) is 12.1 Å². The lowest BCUT2D eigenvalue weighted by molar-refractivity contribution is -0.384. The summed E-state index contributed by atoms with van der Waals surface area (Å²) in [5, 5.41) is 13.4. The van der Waals surface area contributed by atoms with E-state index in [9.17, 15) is 14.9 Å². The number of amides is 1. The fourth-order valence-corrected chi connectivity index (χ4v) is 1.85. The van der Waals surface area contributed by atoms with Crippen LogP contribution in [0.1, 0.15) is 37.7 Å². The third-order valence-corrected chi connectivity index (χ3v) is 2.97. The Balaban J connectivity index is 2.27. The van der Waals surface area contributed by atoms with Gasteiger partial charge in [-0.15, -0.1) is 0 Å². The second kappa shape index (κ2) is 9.03. The molecular weight excluding hydrogens is 258 g/mol. The Morgan fingerprint density at radius 1 is 1.25 bits per heavy atom. The molecule has 1 rings (SSSR count). The summed E-state index contributed by atoms with van der Waals surface area (Å²) >= 11 is 0. The molecule has 20 heavy (non-hydrogen) atoms. The lowest BCUT2D eigenvalue weighted by atomic mass is 10.1. The summed E-state index contributed by atoms with van der Waals surface area (Å²) < 4.78 is 0. The summed E-state index contributed by atoms with van der Waals surface area (Å²) in [6.45, 7) is 1.02. The number of carbonyl (C=O) groups excluding carboxylic acids is 1. The largest absolute Gasteiger partial charge is 0.352 e. The van der Waals surface area contributed by atoms with Crippen molar-refractivity contribution in [1.29, 1.82) is 0 Å². The second-order valence-corrected chi connectivity index (χ2v) is 4.66. The molecule has 0 fully saturated rings. The molecule has 6 nitrogen and oxygen atoms in total. The van der Waals surface area contributed by atoms with Crippen LogP contribution in [0.25, 0.3) is 0 Å². The molecule has 0 aliphatic rings. The summed E-state index contributed by atoms with van der Waals surface area (Å²) in [4.78, 5) is 21.8. The van der Waals surface area contributed by atoms with Crippen molar-refractivity contribution in [1.82, 2.24) is 5.32 Å². The quantitative estimate of drug-likeness (QED) is 0.411. The molecule has 0 saturated heterocycles. The molecule has 0 heterocycles. The molecule has 0 atom stereocenters. The molecule has 0 spiro atoms. The minimum atomic E-state index is -0.442. The molecule has 110 valence electrons. The topological polar surface area (TPSA) is 98.3 Å². The molecule has 0 saturated carbocycles. The average molecular weight is 279 g/mol. The molecule has 1 aromatic carbocycles. The predicted molar refractivity (Wildman–Crippen MR) is 77.1 cm³/mol. The van der Waals surface area contributed by atoms with Crippen molar-refractivity contribution in [3.8, 4) is 0 Å². The van der Waals surface area contributed by atoms with Crippen LogP contribution in [0.5, 0.6) is 0 Å². The average Bonchev–Trinajstić information content (AvgIpc) is 2.45. The number of nitrogens with two attached hydrogens (primary N) is 1. The summed E-state index contributed by atoms with van der Waals surface area (Å²) in [7, 11) is 0. The van der Waals surface area contributed by atoms with Crippen LogP contribution >= 0.6 is 0 Å². The van der Waals surface area contributed by atoms with Gasteiger partial charge in [0.1, 0.15) is 0 Å². The van der Waals surface area contributed by atoms with Crippen molar-refractivity contribution in [3.05, 3.63) is 39.9 Å². The normalized spacial score (nSPS) is 10.2. The van der Waals surface area contributed by atoms with Gasteiger partial charge in [-0.3, -0.25) is 14.9 Å².